The summed E-state index contributed by atoms with van der Waals surface area (Å²) in [5, 5.41) is 17.8. The highest BCUT2D eigenvalue weighted by Crippen LogP contribution is 2.34. The number of rotatable bonds is 3. The summed E-state index contributed by atoms with van der Waals surface area (Å²) in [6.45, 7) is 4.46. The van der Waals surface area contributed by atoms with E-state index in [0.29, 0.717) is 46.8 Å². The Morgan fingerprint density at radius 3 is 2.46 bits per heavy atom. The van der Waals surface area contributed by atoms with Gasteiger partial charge in [-0.1, -0.05) is 11.6 Å². The molecule has 1 aliphatic carbocycles. The van der Waals surface area contributed by atoms with Gasteiger partial charge in [-0.2, -0.15) is 0 Å². The smallest absolute Gasteiger partial charge is 0.248 e. The summed E-state index contributed by atoms with van der Waals surface area (Å²) in [6, 6.07) is 3.32. The maximum absolute atomic E-state index is 14.2. The molecule has 5 rings (SSSR count). The number of aliphatic hydroxyl groups excluding tert-OH is 2. The Morgan fingerprint density at radius 2 is 1.92 bits per heavy atom. The van der Waals surface area contributed by atoms with Crippen LogP contribution in [0.3, 0.4) is 0 Å². The third-order valence-electron chi connectivity index (χ3n) is 6.11. The van der Waals surface area contributed by atoms with E-state index in [4.69, 9.17) is 32.3 Å². The molecule has 0 radical (unpaired) electrons. The van der Waals surface area contributed by atoms with Crippen LogP contribution in [0.4, 0.5) is 19.1 Å². The third-order valence-corrected chi connectivity index (χ3v) is 6.39. The minimum Gasteiger partial charge on any atom is -0.394 e. The van der Waals surface area contributed by atoms with E-state index in [-0.39, 0.29) is 43.6 Å². The summed E-state index contributed by atoms with van der Waals surface area (Å²) in [7, 11) is 0. The number of fused-ring (bicyclic) bond motifs is 1. The second-order valence-electron chi connectivity index (χ2n) is 9.43. The topological polar surface area (TPSA) is 119 Å². The molecule has 204 valence electrons. The van der Waals surface area contributed by atoms with Crippen molar-refractivity contribution in [1.82, 2.24) is 19.5 Å². The van der Waals surface area contributed by atoms with Crippen molar-refractivity contribution in [3.63, 3.8) is 0 Å². The van der Waals surface area contributed by atoms with Crippen LogP contribution in [0.15, 0.2) is 24.7 Å². The average molecular weight is 544 g/mol. The fraction of sp³-hybridized carbons (Fsp3) is 0.560. The second kappa shape index (κ2) is 12.9. The van der Waals surface area contributed by atoms with E-state index in [9.17, 15) is 13.2 Å². The van der Waals surface area contributed by atoms with Crippen molar-refractivity contribution in [3.05, 3.63) is 35.5 Å². The number of aromatic nitrogens is 4. The predicted octanol–water partition coefficient (Wildman–Crippen LogP) is 5.16. The van der Waals surface area contributed by atoms with Gasteiger partial charge in [0.15, 0.2) is 5.82 Å². The van der Waals surface area contributed by atoms with Gasteiger partial charge >= 0.3 is 0 Å². The number of halogens is 4. The summed E-state index contributed by atoms with van der Waals surface area (Å²) in [5.41, 5.74) is 7.54. The lowest BCUT2D eigenvalue weighted by atomic mass is 10.1. The lowest BCUT2D eigenvalue weighted by Crippen LogP contribution is -2.31. The number of hydrogen-bond acceptors (Lipinski definition) is 7. The normalized spacial score (nSPS) is 20.8. The molecule has 2 fully saturated rings. The summed E-state index contributed by atoms with van der Waals surface area (Å²) in [4.78, 5) is 12.0. The Balaban J connectivity index is 0.000000194. The highest BCUT2D eigenvalue weighted by molar-refractivity contribution is 6.33. The van der Waals surface area contributed by atoms with Crippen molar-refractivity contribution in [2.75, 3.05) is 18.9 Å². The minimum absolute atomic E-state index is 0.0339. The quantitative estimate of drug-likeness (QED) is 0.417. The molecule has 2 aromatic heterocycles. The fourth-order valence-electron chi connectivity index (χ4n) is 4.05. The van der Waals surface area contributed by atoms with Crippen LogP contribution in [0.2, 0.25) is 5.02 Å². The molecule has 2 aliphatic rings. The largest absolute Gasteiger partial charge is 0.394 e. The number of nitrogens with two attached hydrogens (primary N) is 1. The van der Waals surface area contributed by atoms with Crippen molar-refractivity contribution < 1.29 is 28.1 Å². The molecule has 3 aromatic rings. The first-order valence-electron chi connectivity index (χ1n) is 12.2. The van der Waals surface area contributed by atoms with E-state index in [1.807, 2.05) is 18.4 Å². The fourth-order valence-corrected chi connectivity index (χ4v) is 4.25. The van der Waals surface area contributed by atoms with Gasteiger partial charge in [0, 0.05) is 24.4 Å². The molecule has 2 unspecified atom stereocenters. The highest BCUT2D eigenvalue weighted by atomic mass is 35.5. The zero-order valence-corrected chi connectivity index (χ0v) is 21.6. The van der Waals surface area contributed by atoms with Gasteiger partial charge < -0.3 is 25.3 Å². The zero-order chi connectivity index (χ0) is 27.2. The summed E-state index contributed by atoms with van der Waals surface area (Å²) < 4.78 is 45.1. The maximum atomic E-state index is 14.2. The van der Waals surface area contributed by atoms with Crippen LogP contribution in [0.1, 0.15) is 58.4 Å². The van der Waals surface area contributed by atoms with E-state index in [2.05, 4.69) is 15.0 Å². The van der Waals surface area contributed by atoms with Gasteiger partial charge in [0.05, 0.1) is 54.2 Å². The van der Waals surface area contributed by atoms with Gasteiger partial charge in [-0.05, 0) is 51.7 Å². The number of aliphatic hydroxyl groups is 2. The van der Waals surface area contributed by atoms with Crippen LogP contribution in [0.25, 0.3) is 22.3 Å². The molecule has 0 bridgehead atoms. The molecule has 12 heteroatoms. The average Bonchev–Trinajstić information content (AvgIpc) is 3.48. The van der Waals surface area contributed by atoms with E-state index in [1.165, 1.54) is 12.3 Å². The van der Waals surface area contributed by atoms with Crippen molar-refractivity contribution in [1.29, 1.82) is 0 Å². The molecule has 1 aliphatic heterocycles. The lowest BCUT2D eigenvalue weighted by Gasteiger charge is -2.24. The second-order valence-corrected chi connectivity index (χ2v) is 9.84. The van der Waals surface area contributed by atoms with Gasteiger partial charge in [0.1, 0.15) is 5.52 Å². The molecule has 0 amide bonds. The molecule has 2 atom stereocenters. The number of benzene rings is 1. The van der Waals surface area contributed by atoms with E-state index in [1.54, 1.807) is 12.4 Å². The maximum Gasteiger partial charge on any atom is 0.248 e. The molecular formula is C25H33ClF3N5O3. The standard InChI is InChI=1S/C14H13ClFN5.C6H12O3.C5H8F2/c1-7(2)21-6-19-13-10(16)3-8(4-11(13)21)12-9(15)5-18-14(17)20-12;7-3-6-2-1-5(8)4-9-6;6-5(7)3-1-2-4-5/h3-7H,1-2H3,(H2,17,18,20);5-8H,1-4H2;1-4H2. The summed E-state index contributed by atoms with van der Waals surface area (Å²) in [5.74, 6) is -2.64. The van der Waals surface area contributed by atoms with Crippen molar-refractivity contribution in [2.45, 2.75) is 76.5 Å². The lowest BCUT2D eigenvalue weighted by molar-refractivity contribution is -0.0733. The summed E-state index contributed by atoms with van der Waals surface area (Å²) >= 11 is 6.09. The molecule has 8 nitrogen and oxygen atoms in total. The Kier molecular flexibility index (Phi) is 10.1. The van der Waals surface area contributed by atoms with Crippen LogP contribution >= 0.6 is 11.6 Å². The van der Waals surface area contributed by atoms with Crippen molar-refractivity contribution in [3.8, 4) is 11.3 Å². The number of ether oxygens (including phenoxy) is 1. The number of imidazole rings is 1. The van der Waals surface area contributed by atoms with Crippen LogP contribution in [0, 0.1) is 5.82 Å². The molecule has 0 spiro atoms. The van der Waals surface area contributed by atoms with Crippen LogP contribution in [-0.4, -0.2) is 61.1 Å². The molecule has 37 heavy (non-hydrogen) atoms. The van der Waals surface area contributed by atoms with E-state index < -0.39 is 11.7 Å². The molecule has 3 heterocycles. The summed E-state index contributed by atoms with van der Waals surface area (Å²) in [6.07, 6.45) is 5.88. The van der Waals surface area contributed by atoms with Crippen LogP contribution in [-0.2, 0) is 4.74 Å². The van der Waals surface area contributed by atoms with Gasteiger partial charge in [-0.3, -0.25) is 0 Å². The number of anilines is 1. The Morgan fingerprint density at radius 1 is 1.22 bits per heavy atom. The van der Waals surface area contributed by atoms with Gasteiger partial charge in [0.2, 0.25) is 11.9 Å². The van der Waals surface area contributed by atoms with Gasteiger partial charge in [0.25, 0.3) is 0 Å². The highest BCUT2D eigenvalue weighted by Gasteiger charge is 2.32. The van der Waals surface area contributed by atoms with Crippen LogP contribution in [0.5, 0.6) is 0 Å². The number of hydrogen-bond donors (Lipinski definition) is 3. The van der Waals surface area contributed by atoms with Crippen molar-refractivity contribution in [2.24, 2.45) is 0 Å². The first-order chi connectivity index (χ1) is 17.5. The molecule has 1 aromatic carbocycles. The van der Waals surface area contributed by atoms with Gasteiger partial charge in [-0.25, -0.2) is 28.1 Å². The third kappa shape index (κ3) is 8.00. The molecule has 1 saturated carbocycles. The van der Waals surface area contributed by atoms with Crippen LogP contribution < -0.4 is 5.73 Å². The molecule has 4 N–H and O–H groups in total. The monoisotopic (exact) mass is 543 g/mol. The first-order valence-corrected chi connectivity index (χ1v) is 12.6. The van der Waals surface area contributed by atoms with Crippen molar-refractivity contribution >= 4 is 28.6 Å². The number of alkyl halides is 2. The number of nitrogen functional groups attached to an aromatic ring is 1. The Bertz CT molecular complexity index is 1160. The predicted molar refractivity (Wildman–Crippen MR) is 136 cm³/mol. The Hall–Kier alpha value is -2.47. The molecular weight excluding hydrogens is 511 g/mol. The number of nitrogens with zero attached hydrogens (tertiary/aromatic N) is 4. The zero-order valence-electron chi connectivity index (χ0n) is 20.9. The minimum atomic E-state index is -2.31. The Labute approximate surface area is 218 Å². The first kappa shape index (κ1) is 29.1. The SMILES string of the molecule is CC(C)n1cnc2c(F)cc(-c3nc(N)ncc3Cl)cc21.FC1(F)CCCC1.OCC1CCC(O)CO1. The van der Waals surface area contributed by atoms with E-state index in [0.717, 1.165) is 12.8 Å². The van der Waals surface area contributed by atoms with E-state index >= 15 is 0 Å². The van der Waals surface area contributed by atoms with Gasteiger partial charge in [-0.15, -0.1) is 0 Å². The molecule has 1 saturated heterocycles.